The first-order valence-corrected chi connectivity index (χ1v) is 10.7. The van der Waals surface area contributed by atoms with Crippen molar-refractivity contribution in [3.8, 4) is 17.1 Å². The average Bonchev–Trinajstić information content (AvgIpc) is 3.18. The number of nitrogens with zero attached hydrogens (tertiary/aromatic N) is 4. The number of aryl methyl sites for hydroxylation is 3. The van der Waals surface area contributed by atoms with E-state index in [-0.39, 0.29) is 5.78 Å². The molecule has 0 spiro atoms. The monoisotopic (exact) mass is 414 g/mol. The Morgan fingerprint density at radius 3 is 2.50 bits per heavy atom. The van der Waals surface area contributed by atoms with Crippen LogP contribution in [-0.4, -0.2) is 31.3 Å². The molecule has 0 saturated carbocycles. The van der Waals surface area contributed by atoms with Gasteiger partial charge in [0.25, 0.3) is 0 Å². The van der Waals surface area contributed by atoms with Gasteiger partial charge in [0, 0.05) is 23.5 Å². The normalized spacial score (nSPS) is 10.9. The molecule has 2 aromatic carbocycles. The van der Waals surface area contributed by atoms with Crippen LogP contribution in [0.15, 0.2) is 72.1 Å². The largest absolute Gasteiger partial charge is 0.293 e. The Labute approximate surface area is 180 Å². The zero-order valence-corrected chi connectivity index (χ0v) is 18.0. The summed E-state index contributed by atoms with van der Waals surface area (Å²) in [5.74, 6) is 1.07. The molecule has 4 aromatic rings. The molecule has 0 aliphatic rings. The van der Waals surface area contributed by atoms with Crippen LogP contribution in [0.25, 0.3) is 17.1 Å². The van der Waals surface area contributed by atoms with Gasteiger partial charge >= 0.3 is 0 Å². The van der Waals surface area contributed by atoms with Gasteiger partial charge in [-0.3, -0.25) is 14.3 Å². The number of pyridine rings is 1. The van der Waals surface area contributed by atoms with E-state index >= 15 is 0 Å². The molecular formula is C24H22N4OS. The van der Waals surface area contributed by atoms with Crippen LogP contribution in [0.5, 0.6) is 0 Å². The van der Waals surface area contributed by atoms with E-state index in [1.165, 1.54) is 17.3 Å². The number of hydrogen-bond acceptors (Lipinski definition) is 5. The maximum Gasteiger partial charge on any atom is 0.196 e. The van der Waals surface area contributed by atoms with Crippen LogP contribution in [0.3, 0.4) is 0 Å². The molecule has 2 heterocycles. The first-order chi connectivity index (χ1) is 14.5. The van der Waals surface area contributed by atoms with Crippen LogP contribution in [0.4, 0.5) is 0 Å². The van der Waals surface area contributed by atoms with Crippen molar-refractivity contribution in [3.63, 3.8) is 0 Å². The molecule has 30 heavy (non-hydrogen) atoms. The Kier molecular flexibility index (Phi) is 5.77. The first kappa shape index (κ1) is 20.0. The average molecular weight is 415 g/mol. The molecule has 0 fully saturated rings. The molecule has 4 rings (SSSR count). The van der Waals surface area contributed by atoms with Gasteiger partial charge < -0.3 is 0 Å². The highest BCUT2D eigenvalue weighted by Gasteiger charge is 2.19. The van der Waals surface area contributed by atoms with Gasteiger partial charge in [-0.25, -0.2) is 0 Å². The molecule has 0 unspecified atom stereocenters. The van der Waals surface area contributed by atoms with Crippen molar-refractivity contribution in [2.45, 2.75) is 25.9 Å². The van der Waals surface area contributed by atoms with Gasteiger partial charge in [-0.05, 0) is 61.7 Å². The molecule has 0 amide bonds. The third kappa shape index (κ3) is 4.04. The number of Topliss-reactive ketones (excluding diaryl/α,β-unsaturated/α-hetero) is 1. The van der Waals surface area contributed by atoms with Crippen LogP contribution in [0.2, 0.25) is 0 Å². The molecule has 0 N–H and O–H groups in total. The molecule has 6 heteroatoms. The van der Waals surface area contributed by atoms with Crippen molar-refractivity contribution in [1.82, 2.24) is 19.7 Å². The highest BCUT2D eigenvalue weighted by atomic mass is 32.2. The minimum absolute atomic E-state index is 0.0744. The Balaban J connectivity index is 1.68. The zero-order valence-electron chi connectivity index (χ0n) is 17.2. The molecule has 0 saturated heterocycles. The van der Waals surface area contributed by atoms with Crippen molar-refractivity contribution in [2.24, 2.45) is 0 Å². The second-order valence-electron chi connectivity index (χ2n) is 7.18. The van der Waals surface area contributed by atoms with E-state index in [2.05, 4.69) is 28.2 Å². The molecule has 5 nitrogen and oxygen atoms in total. The molecule has 0 aliphatic carbocycles. The van der Waals surface area contributed by atoms with E-state index in [4.69, 9.17) is 0 Å². The SMILES string of the molecule is Cc1ccc(C(=O)CSc2nnc(-c3cccnc3)n2-c2ccccc2C)cc1C. The molecule has 0 atom stereocenters. The van der Waals surface area contributed by atoms with Crippen LogP contribution in [-0.2, 0) is 0 Å². The summed E-state index contributed by atoms with van der Waals surface area (Å²) in [4.78, 5) is 17.0. The second kappa shape index (κ2) is 8.63. The van der Waals surface area contributed by atoms with E-state index in [0.717, 1.165) is 27.9 Å². The van der Waals surface area contributed by atoms with Gasteiger partial charge in [0.1, 0.15) is 0 Å². The molecular weight excluding hydrogens is 392 g/mol. The summed E-state index contributed by atoms with van der Waals surface area (Å²) in [5, 5.41) is 9.51. The lowest BCUT2D eigenvalue weighted by atomic mass is 10.0. The summed E-state index contributed by atoms with van der Waals surface area (Å²) >= 11 is 1.40. The molecule has 0 aliphatic heterocycles. The van der Waals surface area contributed by atoms with Crippen LogP contribution >= 0.6 is 11.8 Å². The Morgan fingerprint density at radius 2 is 1.77 bits per heavy atom. The number of aromatic nitrogens is 4. The highest BCUT2D eigenvalue weighted by Crippen LogP contribution is 2.29. The Morgan fingerprint density at radius 1 is 0.933 bits per heavy atom. The molecule has 150 valence electrons. The van der Waals surface area contributed by atoms with Crippen molar-refractivity contribution in [3.05, 3.63) is 89.2 Å². The maximum atomic E-state index is 12.8. The van der Waals surface area contributed by atoms with Crippen molar-refractivity contribution in [2.75, 3.05) is 5.75 Å². The standard InChI is InChI=1S/C24H22N4OS/c1-16-10-11-19(13-18(16)3)22(29)15-30-24-27-26-23(20-8-6-12-25-14-20)28(24)21-9-5-4-7-17(21)2/h4-14H,15H2,1-3H3. The van der Waals surface area contributed by atoms with E-state index in [9.17, 15) is 4.79 Å². The summed E-state index contributed by atoms with van der Waals surface area (Å²) < 4.78 is 2.00. The number of thioether (sulfide) groups is 1. The van der Waals surface area contributed by atoms with Crippen molar-refractivity contribution >= 4 is 17.5 Å². The quantitative estimate of drug-likeness (QED) is 0.319. The summed E-state index contributed by atoms with van der Waals surface area (Å²) in [7, 11) is 0. The molecule has 0 bridgehead atoms. The fourth-order valence-electron chi connectivity index (χ4n) is 3.21. The third-order valence-electron chi connectivity index (χ3n) is 5.07. The lowest BCUT2D eigenvalue weighted by Gasteiger charge is -2.12. The summed E-state index contributed by atoms with van der Waals surface area (Å²) in [5.41, 5.74) is 5.99. The summed E-state index contributed by atoms with van der Waals surface area (Å²) in [6.45, 7) is 6.12. The van der Waals surface area contributed by atoms with Gasteiger partial charge in [0.2, 0.25) is 0 Å². The number of benzene rings is 2. The number of hydrogen-bond donors (Lipinski definition) is 0. The van der Waals surface area contributed by atoms with Crippen molar-refractivity contribution in [1.29, 1.82) is 0 Å². The fourth-order valence-corrected chi connectivity index (χ4v) is 4.04. The van der Waals surface area contributed by atoms with E-state index in [1.54, 1.807) is 12.4 Å². The maximum absolute atomic E-state index is 12.8. The fraction of sp³-hybridized carbons (Fsp3) is 0.167. The number of para-hydroxylation sites is 1. The van der Waals surface area contributed by atoms with E-state index in [1.807, 2.05) is 66.9 Å². The topological polar surface area (TPSA) is 60.7 Å². The predicted molar refractivity (Wildman–Crippen MR) is 120 cm³/mol. The van der Waals surface area contributed by atoms with Gasteiger partial charge in [0.05, 0.1) is 11.4 Å². The van der Waals surface area contributed by atoms with Crippen LogP contribution in [0.1, 0.15) is 27.0 Å². The second-order valence-corrected chi connectivity index (χ2v) is 8.12. The zero-order chi connectivity index (χ0) is 21.1. The van der Waals surface area contributed by atoms with Gasteiger partial charge in [-0.15, -0.1) is 10.2 Å². The lowest BCUT2D eigenvalue weighted by molar-refractivity contribution is 0.102. The smallest absolute Gasteiger partial charge is 0.196 e. The lowest BCUT2D eigenvalue weighted by Crippen LogP contribution is -2.06. The third-order valence-corrected chi connectivity index (χ3v) is 6.00. The number of ketones is 1. The first-order valence-electron chi connectivity index (χ1n) is 9.69. The van der Waals surface area contributed by atoms with E-state index < -0.39 is 0 Å². The summed E-state index contributed by atoms with van der Waals surface area (Å²) in [6, 6.07) is 17.7. The van der Waals surface area contributed by atoms with Crippen LogP contribution in [0, 0.1) is 20.8 Å². The Hall–Kier alpha value is -3.25. The van der Waals surface area contributed by atoms with Gasteiger partial charge in [-0.2, -0.15) is 0 Å². The highest BCUT2D eigenvalue weighted by molar-refractivity contribution is 7.99. The van der Waals surface area contributed by atoms with E-state index in [0.29, 0.717) is 16.7 Å². The number of carbonyl (C=O) groups excluding carboxylic acids is 1. The molecule has 0 radical (unpaired) electrons. The van der Waals surface area contributed by atoms with Crippen molar-refractivity contribution < 1.29 is 4.79 Å². The van der Waals surface area contributed by atoms with Gasteiger partial charge in [0.15, 0.2) is 16.8 Å². The van der Waals surface area contributed by atoms with Gasteiger partial charge in [-0.1, -0.05) is 42.1 Å². The number of carbonyl (C=O) groups is 1. The minimum atomic E-state index is 0.0744. The predicted octanol–water partition coefficient (Wildman–Crippen LogP) is 5.23. The molecule has 2 aromatic heterocycles. The van der Waals surface area contributed by atoms with Crippen LogP contribution < -0.4 is 0 Å². The summed E-state index contributed by atoms with van der Waals surface area (Å²) in [6.07, 6.45) is 3.50. The Bertz CT molecular complexity index is 1200. The number of rotatable bonds is 6. The minimum Gasteiger partial charge on any atom is -0.293 e.